The topological polar surface area (TPSA) is 9.23 Å². The Bertz CT molecular complexity index is 811. The first kappa shape index (κ1) is 21.8. The zero-order valence-electron chi connectivity index (χ0n) is 16.4. The lowest BCUT2D eigenvalue weighted by atomic mass is 9.91. The van der Waals surface area contributed by atoms with E-state index in [4.69, 9.17) is 0 Å². The Morgan fingerprint density at radius 1 is 1.00 bits per heavy atom. The summed E-state index contributed by atoms with van der Waals surface area (Å²) in [5, 5.41) is 0. The van der Waals surface area contributed by atoms with Crippen LogP contribution in [0.3, 0.4) is 0 Å². The van der Waals surface area contributed by atoms with Crippen molar-refractivity contribution in [1.29, 1.82) is 0 Å². The summed E-state index contributed by atoms with van der Waals surface area (Å²) < 4.78 is 71.9. The van der Waals surface area contributed by atoms with Crippen molar-refractivity contribution in [2.45, 2.75) is 56.7 Å². The normalized spacial score (nSPS) is 19.6. The number of hydrogen-bond acceptors (Lipinski definition) is 1. The predicted molar refractivity (Wildman–Crippen MR) is 107 cm³/mol. The zero-order chi connectivity index (χ0) is 21.0. The molecule has 0 N–H and O–H groups in total. The first-order chi connectivity index (χ1) is 13.9. The second kappa shape index (κ2) is 9.74. The van der Waals surface area contributed by atoms with Gasteiger partial charge in [0.25, 0.3) is 6.43 Å². The van der Waals surface area contributed by atoms with E-state index in [2.05, 4.69) is 11.7 Å². The molecule has 0 bridgehead atoms. The fraction of sp³-hybridized carbons (Fsp3) is 0.455. The van der Waals surface area contributed by atoms with E-state index in [1.807, 2.05) is 6.07 Å². The van der Waals surface area contributed by atoms with Gasteiger partial charge in [-0.15, -0.1) is 0 Å². The van der Waals surface area contributed by atoms with Crippen molar-refractivity contribution in [3.63, 3.8) is 0 Å². The van der Waals surface area contributed by atoms with Gasteiger partial charge in [0.1, 0.15) is 12.4 Å². The molecule has 0 radical (unpaired) electrons. The highest BCUT2D eigenvalue weighted by molar-refractivity contribution is 6.59. The molecule has 1 nitrogen and oxygen atoms in total. The molecular formula is C22H25F5OSi. The molecule has 1 saturated heterocycles. The van der Waals surface area contributed by atoms with Crippen LogP contribution >= 0.6 is 0 Å². The van der Waals surface area contributed by atoms with E-state index in [1.54, 1.807) is 0 Å². The summed E-state index contributed by atoms with van der Waals surface area (Å²) in [5.41, 5.74) is 1.00. The maximum absolute atomic E-state index is 14.7. The van der Waals surface area contributed by atoms with E-state index >= 15 is 0 Å². The van der Waals surface area contributed by atoms with E-state index in [1.165, 1.54) is 36.7 Å². The Labute approximate surface area is 169 Å². The van der Waals surface area contributed by atoms with Gasteiger partial charge in [-0.05, 0) is 48.1 Å². The van der Waals surface area contributed by atoms with Crippen molar-refractivity contribution in [2.24, 2.45) is 0 Å². The van der Waals surface area contributed by atoms with Gasteiger partial charge in [0.15, 0.2) is 17.4 Å². The maximum atomic E-state index is 14.7. The van der Waals surface area contributed by atoms with Gasteiger partial charge in [-0.2, -0.15) is 0 Å². The van der Waals surface area contributed by atoms with Gasteiger partial charge in [0.2, 0.25) is 0 Å². The lowest BCUT2D eigenvalue weighted by molar-refractivity contribution is 0.0777. The molecule has 0 saturated carbocycles. The third kappa shape index (κ3) is 5.38. The van der Waals surface area contributed by atoms with E-state index in [-0.39, 0.29) is 11.1 Å². The molecule has 0 atom stereocenters. The van der Waals surface area contributed by atoms with Crippen LogP contribution in [0.25, 0.3) is 11.1 Å². The van der Waals surface area contributed by atoms with Crippen molar-refractivity contribution in [3.05, 3.63) is 53.3 Å². The van der Waals surface area contributed by atoms with Crippen LogP contribution in [0.1, 0.15) is 37.7 Å². The van der Waals surface area contributed by atoms with Crippen molar-refractivity contribution < 1.29 is 26.7 Å². The number of rotatable bonds is 7. The quantitative estimate of drug-likeness (QED) is 0.343. The van der Waals surface area contributed by atoms with Crippen LogP contribution in [0.2, 0.25) is 18.1 Å². The minimum Gasteiger partial charge on any atom is -0.482 e. The lowest BCUT2D eigenvalue weighted by Crippen LogP contribution is -2.20. The number of hydrogen-bond donors (Lipinski definition) is 0. The van der Waals surface area contributed by atoms with E-state index in [0.717, 1.165) is 30.5 Å². The van der Waals surface area contributed by atoms with Gasteiger partial charge < -0.3 is 4.74 Å². The van der Waals surface area contributed by atoms with Crippen LogP contribution in [0.4, 0.5) is 22.0 Å². The average Bonchev–Trinajstić information content (AvgIpc) is 2.67. The Balaban J connectivity index is 1.77. The summed E-state index contributed by atoms with van der Waals surface area (Å²) in [6.07, 6.45) is 0.548. The van der Waals surface area contributed by atoms with Crippen LogP contribution in [0, 0.1) is 17.5 Å². The molecule has 29 heavy (non-hydrogen) atoms. The molecule has 1 aliphatic heterocycles. The third-order valence-electron chi connectivity index (χ3n) is 5.67. The SMILES string of the molecule is CCC[Si@H]1CC[C@H](c2ccc(-c3cc(F)c(OCC(F)F)c(F)c3)c(F)c2)CC1. The van der Waals surface area contributed by atoms with Crippen LogP contribution in [-0.4, -0.2) is 21.8 Å². The highest BCUT2D eigenvalue weighted by Crippen LogP contribution is 2.37. The smallest absolute Gasteiger partial charge is 0.272 e. The first-order valence-corrected chi connectivity index (χ1v) is 12.5. The van der Waals surface area contributed by atoms with Crippen molar-refractivity contribution in [3.8, 4) is 16.9 Å². The maximum Gasteiger partial charge on any atom is 0.272 e. The molecule has 0 aliphatic carbocycles. The molecule has 2 aromatic rings. The first-order valence-electron chi connectivity index (χ1n) is 10.1. The molecule has 2 aromatic carbocycles. The molecular weight excluding hydrogens is 403 g/mol. The summed E-state index contributed by atoms with van der Waals surface area (Å²) in [4.78, 5) is 0. The van der Waals surface area contributed by atoms with Crippen molar-refractivity contribution in [2.75, 3.05) is 6.61 Å². The van der Waals surface area contributed by atoms with Crippen LogP contribution < -0.4 is 4.74 Å². The molecule has 7 heteroatoms. The summed E-state index contributed by atoms with van der Waals surface area (Å²) >= 11 is 0. The second-order valence-corrected chi connectivity index (χ2v) is 11.2. The molecule has 0 aromatic heterocycles. The molecule has 0 unspecified atom stereocenters. The fourth-order valence-electron chi connectivity index (χ4n) is 4.21. The minimum atomic E-state index is -2.85. The predicted octanol–water partition coefficient (Wildman–Crippen LogP) is 6.93. The van der Waals surface area contributed by atoms with Crippen molar-refractivity contribution >= 4 is 8.80 Å². The summed E-state index contributed by atoms with van der Waals surface area (Å²) in [7, 11) is -0.624. The molecule has 1 aliphatic rings. The van der Waals surface area contributed by atoms with E-state index in [0.29, 0.717) is 5.92 Å². The molecule has 0 amide bonds. The molecule has 1 heterocycles. The van der Waals surface area contributed by atoms with Gasteiger partial charge in [0, 0.05) is 14.4 Å². The minimum absolute atomic E-state index is 0.00695. The zero-order valence-corrected chi connectivity index (χ0v) is 17.5. The highest BCUT2D eigenvalue weighted by Gasteiger charge is 2.24. The number of halogens is 5. The summed E-state index contributed by atoms with van der Waals surface area (Å²) in [6, 6.07) is 10.5. The fourth-order valence-corrected chi connectivity index (χ4v) is 7.64. The van der Waals surface area contributed by atoms with Gasteiger partial charge >= 0.3 is 0 Å². The Hall–Kier alpha value is -1.89. The van der Waals surface area contributed by atoms with Gasteiger partial charge in [0.05, 0.1) is 0 Å². The van der Waals surface area contributed by atoms with Gasteiger partial charge in [-0.3, -0.25) is 0 Å². The van der Waals surface area contributed by atoms with Crippen LogP contribution in [0.5, 0.6) is 5.75 Å². The summed E-state index contributed by atoms with van der Waals surface area (Å²) in [5.74, 6) is -3.36. The third-order valence-corrected chi connectivity index (χ3v) is 9.36. The Morgan fingerprint density at radius 3 is 2.21 bits per heavy atom. The van der Waals surface area contributed by atoms with Crippen molar-refractivity contribution in [1.82, 2.24) is 0 Å². The van der Waals surface area contributed by atoms with Crippen LogP contribution in [0.15, 0.2) is 30.3 Å². The Kier molecular flexibility index (Phi) is 7.32. The van der Waals surface area contributed by atoms with E-state index < -0.39 is 45.0 Å². The molecule has 158 valence electrons. The largest absolute Gasteiger partial charge is 0.482 e. The van der Waals surface area contributed by atoms with Crippen LogP contribution in [-0.2, 0) is 0 Å². The van der Waals surface area contributed by atoms with E-state index in [9.17, 15) is 22.0 Å². The number of benzene rings is 2. The summed E-state index contributed by atoms with van der Waals surface area (Å²) in [6.45, 7) is 1.11. The highest BCUT2D eigenvalue weighted by atomic mass is 28.3. The monoisotopic (exact) mass is 428 g/mol. The number of alkyl halides is 2. The van der Waals surface area contributed by atoms with Gasteiger partial charge in [-0.25, -0.2) is 22.0 Å². The molecule has 0 spiro atoms. The number of ether oxygens (including phenoxy) is 1. The second-order valence-electron chi connectivity index (χ2n) is 7.72. The molecule has 1 fully saturated rings. The molecule has 3 rings (SSSR count). The standard InChI is InChI=1S/C22H25F5OSi/c1-2-7-29-8-5-14(6-9-29)15-3-4-17(18(23)10-15)16-11-19(24)22(20(25)12-16)28-13-21(26)27/h3-4,10-12,14,21,29H,2,5-9,13H2,1H3/t14-,29-. The Morgan fingerprint density at radius 2 is 1.66 bits per heavy atom. The van der Waals surface area contributed by atoms with Gasteiger partial charge in [-0.1, -0.05) is 43.6 Å². The lowest BCUT2D eigenvalue weighted by Gasteiger charge is -2.28. The average molecular weight is 429 g/mol.